The monoisotopic (exact) mass is 269 g/mol. The SMILES string of the molecule is N#CCc1nc2ccccc2n1CCOC(F)(F)F. The van der Waals surface area contributed by atoms with Crippen molar-refractivity contribution in [3.8, 4) is 6.07 Å². The molecule has 0 fully saturated rings. The molecule has 0 saturated heterocycles. The van der Waals surface area contributed by atoms with Crippen LogP contribution in [0.3, 0.4) is 0 Å². The molecular formula is C12H10F3N3O. The van der Waals surface area contributed by atoms with Crippen molar-refractivity contribution in [1.29, 1.82) is 5.26 Å². The minimum Gasteiger partial charge on any atom is -0.325 e. The number of aromatic nitrogens is 2. The number of benzene rings is 1. The van der Waals surface area contributed by atoms with Crippen LogP contribution in [0, 0.1) is 11.3 Å². The maximum atomic E-state index is 11.9. The standard InChI is InChI=1S/C12H10F3N3O/c13-12(14,15)19-8-7-18-10-4-2-1-3-9(10)17-11(18)5-6-16/h1-4H,5,7-8H2. The van der Waals surface area contributed by atoms with Crippen molar-refractivity contribution >= 4 is 11.0 Å². The number of rotatable bonds is 4. The number of ether oxygens (including phenoxy) is 1. The van der Waals surface area contributed by atoms with Gasteiger partial charge in [0.15, 0.2) is 0 Å². The van der Waals surface area contributed by atoms with Crippen molar-refractivity contribution in [3.63, 3.8) is 0 Å². The summed E-state index contributed by atoms with van der Waals surface area (Å²) in [6.07, 6.45) is -4.60. The van der Waals surface area contributed by atoms with E-state index >= 15 is 0 Å². The zero-order chi connectivity index (χ0) is 13.9. The molecule has 0 radical (unpaired) electrons. The Morgan fingerprint density at radius 2 is 2.05 bits per heavy atom. The van der Waals surface area contributed by atoms with Crippen molar-refractivity contribution in [2.24, 2.45) is 0 Å². The maximum Gasteiger partial charge on any atom is 0.522 e. The maximum absolute atomic E-state index is 11.9. The zero-order valence-corrected chi connectivity index (χ0v) is 9.81. The summed E-state index contributed by atoms with van der Waals surface area (Å²) in [5.74, 6) is 0.439. The largest absolute Gasteiger partial charge is 0.522 e. The minimum atomic E-state index is -4.65. The summed E-state index contributed by atoms with van der Waals surface area (Å²) in [7, 11) is 0. The number of fused-ring (bicyclic) bond motifs is 1. The lowest BCUT2D eigenvalue weighted by Crippen LogP contribution is -2.18. The number of hydrogen-bond donors (Lipinski definition) is 0. The Kier molecular flexibility index (Phi) is 3.71. The smallest absolute Gasteiger partial charge is 0.325 e. The first-order valence-corrected chi connectivity index (χ1v) is 5.53. The lowest BCUT2D eigenvalue weighted by atomic mass is 10.3. The Balaban J connectivity index is 2.24. The number of halogens is 3. The normalized spacial score (nSPS) is 11.7. The van der Waals surface area contributed by atoms with E-state index in [0.717, 1.165) is 0 Å². The van der Waals surface area contributed by atoms with Gasteiger partial charge in [-0.3, -0.25) is 4.74 Å². The first-order valence-electron chi connectivity index (χ1n) is 5.53. The van der Waals surface area contributed by atoms with E-state index in [4.69, 9.17) is 5.26 Å². The summed E-state index contributed by atoms with van der Waals surface area (Å²) in [5, 5.41) is 8.71. The Hall–Kier alpha value is -2.07. The van der Waals surface area contributed by atoms with Crippen molar-refractivity contribution in [1.82, 2.24) is 9.55 Å². The number of nitriles is 1. The lowest BCUT2D eigenvalue weighted by Gasteiger charge is -2.10. The van der Waals surface area contributed by atoms with Crippen LogP contribution in [-0.4, -0.2) is 22.5 Å². The van der Waals surface area contributed by atoms with Crippen LogP contribution >= 0.6 is 0 Å². The highest BCUT2D eigenvalue weighted by atomic mass is 19.4. The van der Waals surface area contributed by atoms with Gasteiger partial charge in [0.2, 0.25) is 0 Å². The van der Waals surface area contributed by atoms with Crippen LogP contribution in [0.15, 0.2) is 24.3 Å². The van der Waals surface area contributed by atoms with Crippen molar-refractivity contribution < 1.29 is 17.9 Å². The van der Waals surface area contributed by atoms with Gasteiger partial charge in [-0.25, -0.2) is 4.98 Å². The third-order valence-electron chi connectivity index (χ3n) is 2.55. The molecule has 0 aliphatic carbocycles. The summed E-state index contributed by atoms with van der Waals surface area (Å²) in [4.78, 5) is 4.22. The number of alkyl halides is 3. The quantitative estimate of drug-likeness (QED) is 0.857. The van der Waals surface area contributed by atoms with Gasteiger partial charge in [-0.2, -0.15) is 5.26 Å². The van der Waals surface area contributed by atoms with Gasteiger partial charge in [0.25, 0.3) is 0 Å². The average molecular weight is 269 g/mol. The number of imidazole rings is 1. The van der Waals surface area contributed by atoms with E-state index in [0.29, 0.717) is 16.9 Å². The first kappa shape index (κ1) is 13.4. The first-order chi connectivity index (χ1) is 9.01. The van der Waals surface area contributed by atoms with Gasteiger partial charge in [-0.1, -0.05) is 12.1 Å². The van der Waals surface area contributed by atoms with E-state index in [2.05, 4.69) is 9.72 Å². The predicted molar refractivity (Wildman–Crippen MR) is 61.1 cm³/mol. The highest BCUT2D eigenvalue weighted by Crippen LogP contribution is 2.19. The molecule has 100 valence electrons. The van der Waals surface area contributed by atoms with Crippen LogP contribution in [0.4, 0.5) is 13.2 Å². The van der Waals surface area contributed by atoms with E-state index in [9.17, 15) is 13.2 Å². The summed E-state index contributed by atoms with van der Waals surface area (Å²) in [5.41, 5.74) is 1.35. The van der Waals surface area contributed by atoms with Gasteiger partial charge in [0.1, 0.15) is 5.82 Å². The van der Waals surface area contributed by atoms with Crippen LogP contribution in [-0.2, 0) is 17.7 Å². The predicted octanol–water partition coefficient (Wildman–Crippen LogP) is 2.64. The Bertz CT molecular complexity index is 613. The number of nitrogens with zero attached hydrogens (tertiary/aromatic N) is 3. The van der Waals surface area contributed by atoms with E-state index in [1.165, 1.54) is 0 Å². The van der Waals surface area contributed by atoms with E-state index in [-0.39, 0.29) is 13.0 Å². The molecule has 0 bridgehead atoms. The van der Waals surface area contributed by atoms with Crippen LogP contribution in [0.25, 0.3) is 11.0 Å². The molecule has 0 aliphatic heterocycles. The third kappa shape index (κ3) is 3.23. The van der Waals surface area contributed by atoms with Crippen LogP contribution in [0.5, 0.6) is 0 Å². The zero-order valence-electron chi connectivity index (χ0n) is 9.81. The summed E-state index contributed by atoms with van der Waals surface area (Å²) in [6.45, 7) is -0.515. The fourth-order valence-electron chi connectivity index (χ4n) is 1.83. The van der Waals surface area contributed by atoms with Crippen molar-refractivity contribution in [2.75, 3.05) is 6.61 Å². The van der Waals surface area contributed by atoms with E-state index < -0.39 is 13.0 Å². The highest BCUT2D eigenvalue weighted by Gasteiger charge is 2.28. The summed E-state index contributed by atoms with van der Waals surface area (Å²) in [6, 6.07) is 8.98. The van der Waals surface area contributed by atoms with Crippen LogP contribution in [0.2, 0.25) is 0 Å². The molecule has 0 spiro atoms. The molecule has 2 aromatic rings. The molecule has 0 amide bonds. The van der Waals surface area contributed by atoms with E-state index in [1.807, 2.05) is 6.07 Å². The molecular weight excluding hydrogens is 259 g/mol. The molecule has 0 N–H and O–H groups in total. The molecule has 1 heterocycles. The van der Waals surface area contributed by atoms with Crippen molar-refractivity contribution in [3.05, 3.63) is 30.1 Å². The molecule has 7 heteroatoms. The van der Waals surface area contributed by atoms with Crippen molar-refractivity contribution in [2.45, 2.75) is 19.3 Å². The minimum absolute atomic E-state index is 0.00294. The second kappa shape index (κ2) is 5.28. The van der Waals surface area contributed by atoms with E-state index in [1.54, 1.807) is 28.8 Å². The molecule has 0 aliphatic rings. The Morgan fingerprint density at radius 3 is 2.74 bits per heavy atom. The second-order valence-corrected chi connectivity index (χ2v) is 3.80. The van der Waals surface area contributed by atoms with Crippen LogP contribution in [0.1, 0.15) is 5.82 Å². The lowest BCUT2D eigenvalue weighted by molar-refractivity contribution is -0.325. The molecule has 4 nitrogen and oxygen atoms in total. The molecule has 19 heavy (non-hydrogen) atoms. The van der Waals surface area contributed by atoms with Gasteiger partial charge in [0, 0.05) is 6.54 Å². The van der Waals surface area contributed by atoms with Gasteiger partial charge in [-0.15, -0.1) is 13.2 Å². The average Bonchev–Trinajstić information content (AvgIpc) is 2.67. The number of hydrogen-bond acceptors (Lipinski definition) is 3. The van der Waals surface area contributed by atoms with Crippen LogP contribution < -0.4 is 0 Å². The third-order valence-corrected chi connectivity index (χ3v) is 2.55. The Morgan fingerprint density at radius 1 is 1.32 bits per heavy atom. The topological polar surface area (TPSA) is 50.8 Å². The number of para-hydroxylation sites is 2. The molecule has 1 aromatic carbocycles. The molecule has 0 atom stereocenters. The Labute approximate surface area is 107 Å². The van der Waals surface area contributed by atoms with Gasteiger partial charge in [0.05, 0.1) is 30.1 Å². The fourth-order valence-corrected chi connectivity index (χ4v) is 1.83. The molecule has 1 aromatic heterocycles. The molecule has 0 saturated carbocycles. The van der Waals surface area contributed by atoms with Gasteiger partial charge in [-0.05, 0) is 12.1 Å². The summed E-state index contributed by atoms with van der Waals surface area (Å²) < 4.78 is 41.2. The summed E-state index contributed by atoms with van der Waals surface area (Å²) >= 11 is 0. The van der Waals surface area contributed by atoms with Gasteiger partial charge >= 0.3 is 6.36 Å². The second-order valence-electron chi connectivity index (χ2n) is 3.80. The molecule has 2 rings (SSSR count). The molecule has 0 unspecified atom stereocenters. The van der Waals surface area contributed by atoms with Gasteiger partial charge < -0.3 is 4.57 Å². The highest BCUT2D eigenvalue weighted by molar-refractivity contribution is 5.75. The fraction of sp³-hybridized carbons (Fsp3) is 0.333.